The molecule has 2 rings (SSSR count). The molecule has 1 atom stereocenters. The van der Waals surface area contributed by atoms with E-state index in [1.54, 1.807) is 0 Å². The Bertz CT molecular complexity index is 388. The molecule has 0 aliphatic heterocycles. The van der Waals surface area contributed by atoms with Gasteiger partial charge in [0, 0.05) is 6.54 Å². The molecule has 0 spiro atoms. The third kappa shape index (κ3) is 2.64. The lowest BCUT2D eigenvalue weighted by Gasteiger charge is -2.13. The second-order valence-electron chi connectivity index (χ2n) is 4.73. The molecule has 1 saturated carbocycles. The second-order valence-corrected chi connectivity index (χ2v) is 5.09. The van der Waals surface area contributed by atoms with Crippen LogP contribution in [0.25, 0.3) is 0 Å². The smallest absolute Gasteiger partial charge is 0.171 e. The fourth-order valence-corrected chi connectivity index (χ4v) is 2.01. The summed E-state index contributed by atoms with van der Waals surface area (Å²) in [7, 11) is 0. The Labute approximate surface area is 102 Å². The Morgan fingerprint density at radius 3 is 2.56 bits per heavy atom. The maximum absolute atomic E-state index is 6.04. The number of aromatic nitrogens is 2. The van der Waals surface area contributed by atoms with E-state index >= 15 is 0 Å². The summed E-state index contributed by atoms with van der Waals surface area (Å²) in [5, 5.41) is 3.77. The van der Waals surface area contributed by atoms with Crippen LogP contribution in [0.5, 0.6) is 0 Å². The van der Waals surface area contributed by atoms with Crippen molar-refractivity contribution in [1.29, 1.82) is 0 Å². The molecule has 0 bridgehead atoms. The van der Waals surface area contributed by atoms with Gasteiger partial charge < -0.3 is 5.32 Å². The highest BCUT2D eigenvalue weighted by atomic mass is 35.5. The lowest BCUT2D eigenvalue weighted by molar-refractivity contribution is 0.535. The van der Waals surface area contributed by atoms with E-state index in [1.165, 1.54) is 12.8 Å². The summed E-state index contributed by atoms with van der Waals surface area (Å²) in [6.45, 7) is 7.08. The second kappa shape index (κ2) is 4.58. The summed E-state index contributed by atoms with van der Waals surface area (Å²) in [5.41, 5.74) is 1.83. The minimum absolute atomic E-state index is 0.478. The van der Waals surface area contributed by atoms with Crippen LogP contribution >= 0.6 is 11.6 Å². The molecule has 3 nitrogen and oxygen atoms in total. The number of halogens is 1. The van der Waals surface area contributed by atoms with Gasteiger partial charge in [0.2, 0.25) is 0 Å². The molecule has 1 aromatic heterocycles. The van der Waals surface area contributed by atoms with Crippen molar-refractivity contribution in [1.82, 2.24) is 9.97 Å². The van der Waals surface area contributed by atoms with Crippen molar-refractivity contribution in [3.8, 4) is 0 Å². The van der Waals surface area contributed by atoms with Crippen LogP contribution in [0.3, 0.4) is 0 Å². The fraction of sp³-hybridized carbons (Fsp3) is 0.667. The predicted octanol–water partition coefficient (Wildman–Crippen LogP) is 3.20. The molecule has 1 aliphatic rings. The van der Waals surface area contributed by atoms with Crippen LogP contribution in [-0.4, -0.2) is 16.5 Å². The van der Waals surface area contributed by atoms with Gasteiger partial charge in [-0.15, -0.1) is 0 Å². The molecule has 0 aromatic carbocycles. The van der Waals surface area contributed by atoms with E-state index in [2.05, 4.69) is 22.2 Å². The fourth-order valence-electron chi connectivity index (χ4n) is 1.78. The summed E-state index contributed by atoms with van der Waals surface area (Å²) < 4.78 is 0. The van der Waals surface area contributed by atoms with E-state index in [-0.39, 0.29) is 0 Å². The average Bonchev–Trinajstić information content (AvgIpc) is 3.04. The Morgan fingerprint density at radius 2 is 1.94 bits per heavy atom. The lowest BCUT2D eigenvalue weighted by Crippen LogP contribution is -2.15. The quantitative estimate of drug-likeness (QED) is 0.877. The molecular formula is C12H18ClN3. The molecule has 1 fully saturated rings. The van der Waals surface area contributed by atoms with Crippen LogP contribution < -0.4 is 5.32 Å². The van der Waals surface area contributed by atoms with Crippen molar-refractivity contribution >= 4 is 17.4 Å². The Kier molecular flexibility index (Phi) is 3.33. The zero-order chi connectivity index (χ0) is 11.7. The van der Waals surface area contributed by atoms with Crippen LogP contribution in [-0.2, 0) is 0 Å². The van der Waals surface area contributed by atoms with Gasteiger partial charge in [0.05, 0.1) is 11.4 Å². The van der Waals surface area contributed by atoms with E-state index < -0.39 is 0 Å². The van der Waals surface area contributed by atoms with Crippen LogP contribution in [0.1, 0.15) is 31.2 Å². The molecule has 1 N–H and O–H groups in total. The van der Waals surface area contributed by atoms with Crippen molar-refractivity contribution < 1.29 is 0 Å². The summed E-state index contributed by atoms with van der Waals surface area (Å²) in [6.07, 6.45) is 2.74. The van der Waals surface area contributed by atoms with Crippen LogP contribution in [0.15, 0.2) is 0 Å². The molecule has 1 aromatic rings. The number of anilines is 1. The van der Waals surface area contributed by atoms with Crippen molar-refractivity contribution in [2.24, 2.45) is 11.8 Å². The molecule has 88 valence electrons. The van der Waals surface area contributed by atoms with Crippen molar-refractivity contribution in [2.75, 3.05) is 11.9 Å². The first-order valence-electron chi connectivity index (χ1n) is 5.82. The highest BCUT2D eigenvalue weighted by molar-refractivity contribution is 6.31. The molecule has 1 heterocycles. The van der Waals surface area contributed by atoms with Gasteiger partial charge in [-0.1, -0.05) is 18.5 Å². The monoisotopic (exact) mass is 239 g/mol. The van der Waals surface area contributed by atoms with Crippen LogP contribution in [0, 0.1) is 25.7 Å². The first-order chi connectivity index (χ1) is 7.58. The van der Waals surface area contributed by atoms with Gasteiger partial charge in [-0.25, -0.2) is 9.97 Å². The molecule has 0 saturated heterocycles. The van der Waals surface area contributed by atoms with E-state index in [1.807, 2.05) is 13.8 Å². The lowest BCUT2D eigenvalue weighted by atomic mass is 10.1. The van der Waals surface area contributed by atoms with E-state index in [0.29, 0.717) is 11.1 Å². The maximum Gasteiger partial charge on any atom is 0.171 e. The molecule has 0 radical (unpaired) electrons. The van der Waals surface area contributed by atoms with Gasteiger partial charge in [-0.2, -0.15) is 0 Å². The van der Waals surface area contributed by atoms with E-state index in [9.17, 15) is 0 Å². The Balaban J connectivity index is 2.00. The van der Waals surface area contributed by atoms with Crippen LogP contribution in [0.2, 0.25) is 5.15 Å². The third-order valence-corrected chi connectivity index (χ3v) is 3.55. The highest BCUT2D eigenvalue weighted by Crippen LogP contribution is 2.36. The minimum atomic E-state index is 0.478. The van der Waals surface area contributed by atoms with Crippen molar-refractivity contribution in [3.63, 3.8) is 0 Å². The highest BCUT2D eigenvalue weighted by Gasteiger charge is 2.27. The number of nitrogens with zero attached hydrogens (tertiary/aromatic N) is 2. The SMILES string of the molecule is Cc1nc(Cl)c(NCC(C)C2CC2)nc1C. The van der Waals surface area contributed by atoms with E-state index in [0.717, 1.165) is 29.7 Å². The normalized spacial score (nSPS) is 17.2. The molecule has 16 heavy (non-hydrogen) atoms. The number of nitrogens with one attached hydrogen (secondary N) is 1. The molecule has 1 unspecified atom stereocenters. The number of hydrogen-bond donors (Lipinski definition) is 1. The zero-order valence-electron chi connectivity index (χ0n) is 10.0. The summed E-state index contributed by atoms with van der Waals surface area (Å²) in [5.74, 6) is 2.31. The van der Waals surface area contributed by atoms with Crippen LogP contribution in [0.4, 0.5) is 5.82 Å². The summed E-state index contributed by atoms with van der Waals surface area (Å²) >= 11 is 6.04. The van der Waals surface area contributed by atoms with Crippen molar-refractivity contribution in [2.45, 2.75) is 33.6 Å². The number of rotatable bonds is 4. The molecule has 0 amide bonds. The maximum atomic E-state index is 6.04. The van der Waals surface area contributed by atoms with Gasteiger partial charge >= 0.3 is 0 Å². The minimum Gasteiger partial charge on any atom is -0.367 e. The molecule has 1 aliphatic carbocycles. The third-order valence-electron chi connectivity index (χ3n) is 3.28. The van der Waals surface area contributed by atoms with Gasteiger partial charge in [0.25, 0.3) is 0 Å². The Morgan fingerprint density at radius 1 is 1.31 bits per heavy atom. The Hall–Kier alpha value is -0.830. The van der Waals surface area contributed by atoms with E-state index in [4.69, 9.17) is 11.6 Å². The van der Waals surface area contributed by atoms with Gasteiger partial charge in [0.15, 0.2) is 11.0 Å². The first kappa shape index (κ1) is 11.6. The van der Waals surface area contributed by atoms with Gasteiger partial charge in [-0.3, -0.25) is 0 Å². The van der Waals surface area contributed by atoms with Crippen molar-refractivity contribution in [3.05, 3.63) is 16.5 Å². The summed E-state index contributed by atoms with van der Waals surface area (Å²) in [4.78, 5) is 8.67. The van der Waals surface area contributed by atoms with Gasteiger partial charge in [-0.05, 0) is 38.5 Å². The largest absolute Gasteiger partial charge is 0.367 e. The van der Waals surface area contributed by atoms with Gasteiger partial charge in [0.1, 0.15) is 0 Å². The predicted molar refractivity (Wildman–Crippen MR) is 66.9 cm³/mol. The molecular weight excluding hydrogens is 222 g/mol. The zero-order valence-corrected chi connectivity index (χ0v) is 10.8. The first-order valence-corrected chi connectivity index (χ1v) is 6.20. The summed E-state index contributed by atoms with van der Waals surface area (Å²) in [6, 6.07) is 0. The number of hydrogen-bond acceptors (Lipinski definition) is 3. The standard InChI is InChI=1S/C12H18ClN3/c1-7(10-4-5-10)6-14-12-11(13)15-8(2)9(3)16-12/h7,10H,4-6H2,1-3H3,(H,14,16). The topological polar surface area (TPSA) is 37.8 Å². The number of aryl methyl sites for hydroxylation is 2. The molecule has 4 heteroatoms. The average molecular weight is 240 g/mol.